The van der Waals surface area contributed by atoms with Gasteiger partial charge in [0.25, 0.3) is 0 Å². The third-order valence-corrected chi connectivity index (χ3v) is 4.26. The number of hydrogen-bond acceptors (Lipinski definition) is 5. The van der Waals surface area contributed by atoms with Crippen LogP contribution in [-0.2, 0) is 6.54 Å². The molecule has 0 amide bonds. The summed E-state index contributed by atoms with van der Waals surface area (Å²) in [5, 5.41) is 1.29. The molecule has 0 saturated heterocycles. The molecule has 4 rings (SSSR count). The van der Waals surface area contributed by atoms with Crippen molar-refractivity contribution in [2.45, 2.75) is 6.54 Å². The first-order valence-corrected chi connectivity index (χ1v) is 8.46. The molecule has 0 aliphatic heterocycles. The van der Waals surface area contributed by atoms with Gasteiger partial charge in [0.05, 0.1) is 11.9 Å². The Morgan fingerprint density at radius 3 is 2.70 bits per heavy atom. The first-order valence-electron chi connectivity index (χ1n) is 8.09. The lowest BCUT2D eigenvalue weighted by Crippen LogP contribution is -2.09. The summed E-state index contributed by atoms with van der Waals surface area (Å²) in [6.07, 6.45) is 5.15. The summed E-state index contributed by atoms with van der Waals surface area (Å²) < 4.78 is 12.5. The number of nitrogens with zero attached hydrogens (tertiary/aromatic N) is 2. The lowest BCUT2D eigenvalue weighted by molar-refractivity contribution is 0.0735. The van der Waals surface area contributed by atoms with Crippen molar-refractivity contribution in [2.75, 3.05) is 0 Å². The lowest BCUT2D eigenvalue weighted by Gasteiger charge is -2.08. The largest absolute Gasteiger partial charge is 0.423 e. The average Bonchev–Trinajstić information content (AvgIpc) is 3.15. The number of carbonyl (C=O) groups is 1. The molecule has 0 fully saturated rings. The van der Waals surface area contributed by atoms with Crippen molar-refractivity contribution in [3.63, 3.8) is 0 Å². The summed E-state index contributed by atoms with van der Waals surface area (Å²) in [5.41, 5.74) is 1.03. The van der Waals surface area contributed by atoms with Crippen LogP contribution in [0, 0.1) is 0 Å². The Kier molecular flexibility index (Phi) is 4.48. The molecule has 0 saturated carbocycles. The Bertz CT molecular complexity index is 1170. The molecule has 4 aromatic rings. The molecule has 0 aliphatic carbocycles. The first kappa shape index (κ1) is 17.1. The van der Waals surface area contributed by atoms with E-state index in [1.807, 2.05) is 10.8 Å². The van der Waals surface area contributed by atoms with Gasteiger partial charge in [-0.2, -0.15) is 0 Å². The molecule has 0 radical (unpaired) electrons. The van der Waals surface area contributed by atoms with Gasteiger partial charge in [0.1, 0.15) is 11.3 Å². The fourth-order valence-electron chi connectivity index (χ4n) is 2.73. The van der Waals surface area contributed by atoms with E-state index >= 15 is 0 Å². The summed E-state index contributed by atoms with van der Waals surface area (Å²) in [6.45, 7) is 0.478. The number of halogens is 1. The fraction of sp³-hybridized carbons (Fsp3) is 0.0500. The van der Waals surface area contributed by atoms with Crippen LogP contribution in [0.15, 0.2) is 76.5 Å². The number of fused-ring (bicyclic) bond motifs is 1. The summed E-state index contributed by atoms with van der Waals surface area (Å²) in [6, 6.07) is 12.8. The third-order valence-electron chi connectivity index (χ3n) is 4.00. The Morgan fingerprint density at radius 2 is 1.96 bits per heavy atom. The molecular weight excluding hydrogens is 368 g/mol. The zero-order valence-electron chi connectivity index (χ0n) is 14.0. The van der Waals surface area contributed by atoms with Gasteiger partial charge in [-0.3, -0.25) is 0 Å². The van der Waals surface area contributed by atoms with Gasteiger partial charge >= 0.3 is 11.6 Å². The van der Waals surface area contributed by atoms with E-state index in [0.717, 1.165) is 10.9 Å². The van der Waals surface area contributed by atoms with Crippen molar-refractivity contribution >= 4 is 28.5 Å². The maximum atomic E-state index is 12.2. The minimum Gasteiger partial charge on any atom is -0.423 e. The summed E-state index contributed by atoms with van der Waals surface area (Å²) in [7, 11) is 0. The van der Waals surface area contributed by atoms with Crippen LogP contribution in [-0.4, -0.2) is 15.5 Å². The Labute approximate surface area is 158 Å². The van der Waals surface area contributed by atoms with E-state index in [1.165, 1.54) is 12.1 Å². The van der Waals surface area contributed by atoms with Gasteiger partial charge in [0, 0.05) is 41.5 Å². The number of carbonyl (C=O) groups excluding carboxylic acids is 1. The summed E-state index contributed by atoms with van der Waals surface area (Å²) >= 11 is 5.82. The van der Waals surface area contributed by atoms with Crippen molar-refractivity contribution < 1.29 is 13.9 Å². The van der Waals surface area contributed by atoms with Crippen molar-refractivity contribution in [3.05, 3.63) is 93.8 Å². The van der Waals surface area contributed by atoms with E-state index < -0.39 is 11.6 Å². The van der Waals surface area contributed by atoms with Gasteiger partial charge < -0.3 is 13.7 Å². The van der Waals surface area contributed by atoms with Gasteiger partial charge in [-0.05, 0) is 42.0 Å². The van der Waals surface area contributed by atoms with E-state index in [2.05, 4.69) is 4.98 Å². The highest BCUT2D eigenvalue weighted by atomic mass is 35.5. The highest BCUT2D eigenvalue weighted by Crippen LogP contribution is 2.24. The van der Waals surface area contributed by atoms with Crippen LogP contribution in [0.4, 0.5) is 0 Å². The Hall–Kier alpha value is -3.38. The second-order valence-electron chi connectivity index (χ2n) is 5.88. The molecule has 2 heterocycles. The SMILES string of the molecule is O=C(Oc1ccc2c(Cn3ccnc3)cc(=O)oc2c1)c1ccc(Cl)cc1. The maximum absolute atomic E-state index is 12.2. The van der Waals surface area contributed by atoms with Gasteiger partial charge in [0.2, 0.25) is 0 Å². The average molecular weight is 381 g/mol. The molecule has 27 heavy (non-hydrogen) atoms. The molecule has 0 atom stereocenters. The second-order valence-corrected chi connectivity index (χ2v) is 6.32. The van der Waals surface area contributed by atoms with Gasteiger partial charge in [-0.25, -0.2) is 14.6 Å². The number of rotatable bonds is 4. The minimum absolute atomic E-state index is 0.283. The fourth-order valence-corrected chi connectivity index (χ4v) is 2.86. The number of ether oxygens (including phenoxy) is 1. The van der Waals surface area contributed by atoms with Crippen molar-refractivity contribution in [1.82, 2.24) is 9.55 Å². The van der Waals surface area contributed by atoms with Crippen LogP contribution in [0.25, 0.3) is 11.0 Å². The van der Waals surface area contributed by atoms with Crippen LogP contribution in [0.2, 0.25) is 5.02 Å². The third kappa shape index (κ3) is 3.75. The van der Waals surface area contributed by atoms with E-state index in [0.29, 0.717) is 22.7 Å². The highest BCUT2D eigenvalue weighted by Gasteiger charge is 2.12. The smallest absolute Gasteiger partial charge is 0.343 e. The number of esters is 1. The molecule has 0 N–H and O–H groups in total. The number of imidazole rings is 1. The standard InChI is InChI=1S/C20H13ClN2O4/c21-15-3-1-13(2-4-15)20(25)26-16-5-6-17-14(11-23-8-7-22-12-23)9-19(24)27-18(17)10-16/h1-10,12H,11H2. The molecule has 7 heteroatoms. The normalized spacial score (nSPS) is 10.9. The number of aromatic nitrogens is 2. The topological polar surface area (TPSA) is 74.3 Å². The van der Waals surface area contributed by atoms with E-state index in [9.17, 15) is 9.59 Å². The second kappa shape index (κ2) is 7.09. The van der Waals surface area contributed by atoms with E-state index in [-0.39, 0.29) is 5.75 Å². The minimum atomic E-state index is -0.525. The number of benzene rings is 2. The molecule has 0 aliphatic rings. The van der Waals surface area contributed by atoms with Crippen LogP contribution < -0.4 is 10.4 Å². The maximum Gasteiger partial charge on any atom is 0.343 e. The zero-order chi connectivity index (χ0) is 18.8. The quantitative estimate of drug-likeness (QED) is 0.305. The van der Waals surface area contributed by atoms with Crippen LogP contribution in [0.1, 0.15) is 15.9 Å². The molecular formula is C20H13ClN2O4. The lowest BCUT2D eigenvalue weighted by atomic mass is 10.1. The summed E-state index contributed by atoms with van der Waals surface area (Å²) in [5.74, 6) is -0.242. The Balaban J connectivity index is 1.65. The first-order chi connectivity index (χ1) is 13.1. The van der Waals surface area contributed by atoms with Crippen LogP contribution in [0.5, 0.6) is 5.75 Å². The highest BCUT2D eigenvalue weighted by molar-refractivity contribution is 6.30. The van der Waals surface area contributed by atoms with Gasteiger partial charge in [-0.15, -0.1) is 0 Å². The van der Waals surface area contributed by atoms with E-state index in [4.69, 9.17) is 20.8 Å². The molecule has 0 spiro atoms. The number of hydrogen-bond donors (Lipinski definition) is 0. The zero-order valence-corrected chi connectivity index (χ0v) is 14.7. The van der Waals surface area contributed by atoms with Crippen molar-refractivity contribution in [1.29, 1.82) is 0 Å². The van der Waals surface area contributed by atoms with E-state index in [1.54, 1.807) is 48.9 Å². The Morgan fingerprint density at radius 1 is 1.15 bits per heavy atom. The molecule has 134 valence electrons. The molecule has 2 aromatic carbocycles. The molecule has 0 bridgehead atoms. The predicted molar refractivity (Wildman–Crippen MR) is 100 cm³/mol. The summed E-state index contributed by atoms with van der Waals surface area (Å²) in [4.78, 5) is 28.1. The predicted octanol–water partition coefficient (Wildman–Crippen LogP) is 3.91. The van der Waals surface area contributed by atoms with Crippen molar-refractivity contribution in [3.8, 4) is 5.75 Å². The van der Waals surface area contributed by atoms with Crippen molar-refractivity contribution in [2.24, 2.45) is 0 Å². The van der Waals surface area contributed by atoms with Crippen LogP contribution in [0.3, 0.4) is 0 Å². The molecule has 0 unspecified atom stereocenters. The van der Waals surface area contributed by atoms with Crippen LogP contribution >= 0.6 is 11.6 Å². The monoisotopic (exact) mass is 380 g/mol. The molecule has 6 nitrogen and oxygen atoms in total. The van der Waals surface area contributed by atoms with Gasteiger partial charge in [0.15, 0.2) is 0 Å². The van der Waals surface area contributed by atoms with Gasteiger partial charge in [-0.1, -0.05) is 11.6 Å². The molecule has 2 aromatic heterocycles.